The molecule has 0 spiro atoms. The van der Waals surface area contributed by atoms with Crippen LogP contribution in [0.15, 0.2) is 35.3 Å². The minimum atomic E-state index is -0.00140. The van der Waals surface area contributed by atoms with Crippen molar-refractivity contribution in [2.45, 2.75) is 26.3 Å². The standard InChI is InChI=1S/C20H23N3O3/c1-13-9-15(12-22(2)20(13)25)19-21-17-4-3-16(24)10-18(17)23(19)11-14-5-7-26-8-6-14/h3-4,9-10,12,14,24H,5-8,11H2,1-2H3. The number of benzene rings is 1. The number of aromatic nitrogens is 3. The van der Waals surface area contributed by atoms with Gasteiger partial charge in [-0.2, -0.15) is 0 Å². The molecule has 3 heterocycles. The van der Waals surface area contributed by atoms with Gasteiger partial charge in [-0.3, -0.25) is 4.79 Å². The molecule has 1 saturated heterocycles. The number of imidazole rings is 1. The van der Waals surface area contributed by atoms with Gasteiger partial charge in [0, 0.05) is 50.2 Å². The van der Waals surface area contributed by atoms with Crippen LogP contribution >= 0.6 is 0 Å². The summed E-state index contributed by atoms with van der Waals surface area (Å²) in [5.41, 5.74) is 3.36. The van der Waals surface area contributed by atoms with Crippen LogP contribution in [0.4, 0.5) is 0 Å². The van der Waals surface area contributed by atoms with Gasteiger partial charge in [0.05, 0.1) is 11.0 Å². The summed E-state index contributed by atoms with van der Waals surface area (Å²) in [6, 6.07) is 7.15. The Kier molecular flexibility index (Phi) is 4.28. The summed E-state index contributed by atoms with van der Waals surface area (Å²) in [7, 11) is 1.76. The molecule has 0 saturated carbocycles. The maximum absolute atomic E-state index is 12.1. The van der Waals surface area contributed by atoms with Crippen molar-refractivity contribution in [2.24, 2.45) is 13.0 Å². The van der Waals surface area contributed by atoms with E-state index in [9.17, 15) is 9.90 Å². The molecule has 26 heavy (non-hydrogen) atoms. The van der Waals surface area contributed by atoms with Gasteiger partial charge < -0.3 is 19.0 Å². The second kappa shape index (κ2) is 6.61. The quantitative estimate of drug-likeness (QED) is 0.786. The van der Waals surface area contributed by atoms with Crippen LogP contribution in [0.3, 0.4) is 0 Å². The van der Waals surface area contributed by atoms with Crippen LogP contribution in [0.2, 0.25) is 0 Å². The van der Waals surface area contributed by atoms with E-state index in [0.29, 0.717) is 11.5 Å². The van der Waals surface area contributed by atoms with Gasteiger partial charge in [-0.25, -0.2) is 4.98 Å². The average molecular weight is 353 g/mol. The molecule has 1 aliphatic heterocycles. The maximum atomic E-state index is 12.1. The number of nitrogens with zero attached hydrogens (tertiary/aromatic N) is 3. The number of pyridine rings is 1. The fraction of sp³-hybridized carbons (Fsp3) is 0.400. The lowest BCUT2D eigenvalue weighted by Crippen LogP contribution is -2.21. The number of ether oxygens (including phenoxy) is 1. The second-order valence-electron chi connectivity index (χ2n) is 7.10. The summed E-state index contributed by atoms with van der Waals surface area (Å²) in [5, 5.41) is 9.96. The number of phenolic OH excluding ortho intramolecular Hbond substituents is 1. The van der Waals surface area contributed by atoms with Gasteiger partial charge >= 0.3 is 0 Å². The van der Waals surface area contributed by atoms with Crippen molar-refractivity contribution in [3.63, 3.8) is 0 Å². The third-order valence-corrected chi connectivity index (χ3v) is 5.13. The van der Waals surface area contributed by atoms with E-state index in [0.717, 1.165) is 55.0 Å². The number of hydrogen-bond donors (Lipinski definition) is 1. The first-order valence-corrected chi connectivity index (χ1v) is 8.97. The molecule has 0 aliphatic carbocycles. The van der Waals surface area contributed by atoms with Crippen LogP contribution in [-0.4, -0.2) is 32.4 Å². The predicted molar refractivity (Wildman–Crippen MR) is 100 cm³/mol. The molecule has 1 aromatic carbocycles. The van der Waals surface area contributed by atoms with Crippen molar-refractivity contribution in [1.82, 2.24) is 14.1 Å². The normalized spacial score (nSPS) is 15.6. The number of fused-ring (bicyclic) bond motifs is 1. The van der Waals surface area contributed by atoms with Gasteiger partial charge in [-0.05, 0) is 43.9 Å². The molecule has 2 aromatic heterocycles. The zero-order valence-electron chi connectivity index (χ0n) is 15.1. The molecule has 6 heteroatoms. The molecule has 0 atom stereocenters. The van der Waals surface area contributed by atoms with Crippen LogP contribution in [0.25, 0.3) is 22.4 Å². The Balaban J connectivity index is 1.87. The summed E-state index contributed by atoms with van der Waals surface area (Å²) in [5.74, 6) is 1.57. The lowest BCUT2D eigenvalue weighted by molar-refractivity contribution is 0.0617. The molecule has 1 N–H and O–H groups in total. The maximum Gasteiger partial charge on any atom is 0.253 e. The minimum Gasteiger partial charge on any atom is -0.508 e. The molecule has 4 rings (SSSR count). The predicted octanol–water partition coefficient (Wildman–Crippen LogP) is 2.84. The van der Waals surface area contributed by atoms with Gasteiger partial charge in [0.2, 0.25) is 0 Å². The lowest BCUT2D eigenvalue weighted by atomic mass is 10.00. The van der Waals surface area contributed by atoms with Crippen molar-refractivity contribution in [3.8, 4) is 17.1 Å². The monoisotopic (exact) mass is 353 g/mol. The molecule has 3 aromatic rings. The molecule has 0 unspecified atom stereocenters. The fourth-order valence-electron chi connectivity index (χ4n) is 3.70. The molecule has 6 nitrogen and oxygen atoms in total. The summed E-state index contributed by atoms with van der Waals surface area (Å²) in [6.07, 6.45) is 3.87. The SMILES string of the molecule is Cc1cc(-c2nc3ccc(O)cc3n2CC2CCOCC2)cn(C)c1=O. The van der Waals surface area contributed by atoms with E-state index in [-0.39, 0.29) is 11.3 Å². The van der Waals surface area contributed by atoms with Gasteiger partial charge in [-0.1, -0.05) is 0 Å². The number of phenols is 1. The molecule has 0 amide bonds. The summed E-state index contributed by atoms with van der Waals surface area (Å²) >= 11 is 0. The van der Waals surface area contributed by atoms with E-state index in [1.807, 2.05) is 25.3 Å². The van der Waals surface area contributed by atoms with Crippen molar-refractivity contribution in [3.05, 3.63) is 46.4 Å². The number of aryl methyl sites for hydroxylation is 2. The highest BCUT2D eigenvalue weighted by Crippen LogP contribution is 2.29. The third kappa shape index (κ3) is 3.01. The van der Waals surface area contributed by atoms with Crippen molar-refractivity contribution >= 4 is 11.0 Å². The van der Waals surface area contributed by atoms with Gasteiger partial charge in [0.15, 0.2) is 0 Å². The van der Waals surface area contributed by atoms with Crippen LogP contribution in [0.5, 0.6) is 5.75 Å². The molecule has 0 radical (unpaired) electrons. The topological polar surface area (TPSA) is 69.3 Å². The van der Waals surface area contributed by atoms with Crippen molar-refractivity contribution < 1.29 is 9.84 Å². The number of rotatable bonds is 3. The van der Waals surface area contributed by atoms with E-state index in [4.69, 9.17) is 9.72 Å². The first-order valence-electron chi connectivity index (χ1n) is 8.97. The minimum absolute atomic E-state index is 0.00140. The van der Waals surface area contributed by atoms with Gasteiger partial charge in [0.1, 0.15) is 11.6 Å². The summed E-state index contributed by atoms with van der Waals surface area (Å²) in [6.45, 7) is 4.22. The lowest BCUT2D eigenvalue weighted by Gasteiger charge is -2.23. The van der Waals surface area contributed by atoms with E-state index in [1.54, 1.807) is 23.7 Å². The van der Waals surface area contributed by atoms with Crippen LogP contribution < -0.4 is 5.56 Å². The molecule has 1 fully saturated rings. The summed E-state index contributed by atoms with van der Waals surface area (Å²) < 4.78 is 9.25. The Labute approximate surface area is 151 Å². The van der Waals surface area contributed by atoms with E-state index in [1.165, 1.54) is 0 Å². The van der Waals surface area contributed by atoms with Crippen LogP contribution in [-0.2, 0) is 18.3 Å². The smallest absolute Gasteiger partial charge is 0.253 e. The zero-order valence-corrected chi connectivity index (χ0v) is 15.1. The molecule has 1 aliphatic rings. The average Bonchev–Trinajstić information content (AvgIpc) is 2.98. The largest absolute Gasteiger partial charge is 0.508 e. The Morgan fingerprint density at radius 3 is 2.77 bits per heavy atom. The number of hydrogen-bond acceptors (Lipinski definition) is 4. The van der Waals surface area contributed by atoms with E-state index in [2.05, 4.69) is 4.57 Å². The first kappa shape index (κ1) is 16.8. The Hall–Kier alpha value is -2.60. The van der Waals surface area contributed by atoms with Gasteiger partial charge in [0.25, 0.3) is 5.56 Å². The first-order chi connectivity index (χ1) is 12.5. The van der Waals surface area contributed by atoms with Crippen LogP contribution in [0.1, 0.15) is 18.4 Å². The fourth-order valence-corrected chi connectivity index (χ4v) is 3.70. The van der Waals surface area contributed by atoms with Crippen LogP contribution in [0, 0.1) is 12.8 Å². The highest BCUT2D eigenvalue weighted by atomic mass is 16.5. The Bertz CT molecular complexity index is 987. The Morgan fingerprint density at radius 1 is 1.27 bits per heavy atom. The summed E-state index contributed by atoms with van der Waals surface area (Å²) in [4.78, 5) is 16.9. The molecular formula is C20H23N3O3. The third-order valence-electron chi connectivity index (χ3n) is 5.13. The highest BCUT2D eigenvalue weighted by Gasteiger charge is 2.20. The Morgan fingerprint density at radius 2 is 2.04 bits per heavy atom. The molecule has 0 bridgehead atoms. The molecule has 136 valence electrons. The zero-order chi connectivity index (χ0) is 18.3. The van der Waals surface area contributed by atoms with Gasteiger partial charge in [-0.15, -0.1) is 0 Å². The van der Waals surface area contributed by atoms with Crippen molar-refractivity contribution in [2.75, 3.05) is 13.2 Å². The van der Waals surface area contributed by atoms with E-state index < -0.39 is 0 Å². The van der Waals surface area contributed by atoms with Crippen molar-refractivity contribution in [1.29, 1.82) is 0 Å². The molecular weight excluding hydrogens is 330 g/mol. The van der Waals surface area contributed by atoms with E-state index >= 15 is 0 Å². The number of aromatic hydroxyl groups is 1. The second-order valence-corrected chi connectivity index (χ2v) is 7.10. The highest BCUT2D eigenvalue weighted by molar-refractivity contribution is 5.82.